The number of hydrogen-bond donors (Lipinski definition) is 2. The minimum atomic E-state index is -3.26. The van der Waals surface area contributed by atoms with Gasteiger partial charge >= 0.3 is 17.6 Å². The second-order valence-electron chi connectivity index (χ2n) is 5.97. The summed E-state index contributed by atoms with van der Waals surface area (Å²) in [7, 11) is -10.8. The van der Waals surface area contributed by atoms with Gasteiger partial charge in [-0.3, -0.25) is 0 Å². The van der Waals surface area contributed by atoms with Gasteiger partial charge in [0.1, 0.15) is 0 Å². The summed E-state index contributed by atoms with van der Waals surface area (Å²) < 4.78 is 23.1. The number of hydrogen-bond acceptors (Lipinski definition) is 6. The summed E-state index contributed by atoms with van der Waals surface area (Å²) in [5.41, 5.74) is 0. The van der Waals surface area contributed by atoms with Crippen molar-refractivity contribution in [1.82, 2.24) is 0 Å². The molecule has 0 spiro atoms. The summed E-state index contributed by atoms with van der Waals surface area (Å²) in [5.74, 6) is 0. The highest BCUT2D eigenvalue weighted by Gasteiger charge is 2.46. The van der Waals surface area contributed by atoms with Crippen LogP contribution in [0.2, 0.25) is 64.5 Å². The van der Waals surface area contributed by atoms with Crippen molar-refractivity contribution in [2.45, 2.75) is 64.5 Å². The van der Waals surface area contributed by atoms with Gasteiger partial charge in [-0.1, -0.05) is 0 Å². The highest BCUT2D eigenvalue weighted by Crippen LogP contribution is 2.23. The van der Waals surface area contributed by atoms with Gasteiger partial charge in [-0.15, -0.1) is 0 Å². The average molecular weight is 415 g/mol. The Bertz CT molecular complexity index is 266. The smallest absolute Gasteiger partial charge is 0.416 e. The zero-order chi connectivity index (χ0) is 17.6. The molecule has 0 aromatic heterocycles. The Hall–Kier alpha value is 1.06. The van der Waals surface area contributed by atoms with Crippen LogP contribution in [0.15, 0.2) is 0 Å². The van der Waals surface area contributed by atoms with Crippen molar-refractivity contribution in [3.05, 3.63) is 0 Å². The molecule has 0 saturated carbocycles. The predicted molar refractivity (Wildman–Crippen MR) is 99.8 cm³/mol. The van der Waals surface area contributed by atoms with Crippen molar-refractivity contribution in [1.29, 1.82) is 0 Å². The van der Waals surface area contributed by atoms with E-state index >= 15 is 0 Å². The third kappa shape index (κ3) is 10.8. The van der Waals surface area contributed by atoms with Crippen molar-refractivity contribution in [3.63, 3.8) is 0 Å². The van der Waals surface area contributed by atoms with Crippen molar-refractivity contribution < 1.29 is 26.1 Å². The second-order valence-corrected chi connectivity index (χ2v) is 20.3. The van der Waals surface area contributed by atoms with Gasteiger partial charge in [-0.25, -0.2) is 0 Å². The Balaban J connectivity index is 4.93. The lowest BCUT2D eigenvalue weighted by molar-refractivity contribution is 0.235. The molecule has 4 radical (unpaired) electrons. The van der Waals surface area contributed by atoms with Crippen molar-refractivity contribution in [2.24, 2.45) is 0 Å². The normalized spacial score (nSPS) is 13.9. The molecule has 0 aliphatic carbocycles. The van der Waals surface area contributed by atoms with E-state index in [2.05, 4.69) is 0 Å². The van der Waals surface area contributed by atoms with E-state index in [1.54, 1.807) is 0 Å². The summed E-state index contributed by atoms with van der Waals surface area (Å²) >= 11 is 0. The summed E-state index contributed by atoms with van der Waals surface area (Å²) in [4.78, 5) is 21.5. The van der Waals surface area contributed by atoms with Gasteiger partial charge in [0.2, 0.25) is 0 Å². The minimum Gasteiger partial charge on any atom is -0.416 e. The van der Waals surface area contributed by atoms with Crippen LogP contribution in [0, 0.1) is 0 Å². The largest absolute Gasteiger partial charge is 0.477 e. The maximum Gasteiger partial charge on any atom is 0.477 e. The molecule has 130 valence electrons. The van der Waals surface area contributed by atoms with E-state index in [-0.39, 0.29) is 0 Å². The fourth-order valence-corrected chi connectivity index (χ4v) is 17.3. The van der Waals surface area contributed by atoms with Gasteiger partial charge in [0.05, 0.1) is 0 Å². The monoisotopic (exact) mass is 414 g/mol. The molecule has 22 heavy (non-hydrogen) atoms. The van der Waals surface area contributed by atoms with Crippen LogP contribution < -0.4 is 0 Å². The van der Waals surface area contributed by atoms with Gasteiger partial charge in [-0.2, -0.15) is 0 Å². The van der Waals surface area contributed by atoms with Crippen LogP contribution >= 0.6 is 0 Å². The molecular weight excluding hydrogens is 385 g/mol. The van der Waals surface area contributed by atoms with Crippen LogP contribution in [0.1, 0.15) is 0 Å². The first-order valence-corrected chi connectivity index (χ1v) is 20.9. The molecule has 0 aliphatic rings. The molecule has 2 N–H and O–H groups in total. The van der Waals surface area contributed by atoms with Crippen LogP contribution in [-0.2, 0) is 16.5 Å². The first kappa shape index (κ1) is 23.1. The molecule has 0 heterocycles. The van der Waals surface area contributed by atoms with Crippen LogP contribution in [0.3, 0.4) is 0 Å². The van der Waals surface area contributed by atoms with Crippen molar-refractivity contribution in [3.8, 4) is 0 Å². The average Bonchev–Trinajstić information content (AvgIpc) is 2.21. The fraction of sp³-hybridized carbons (Fsp3) is 1.00. The van der Waals surface area contributed by atoms with Crippen LogP contribution in [0.4, 0.5) is 0 Å². The van der Waals surface area contributed by atoms with E-state index in [1.807, 2.05) is 52.4 Å². The van der Waals surface area contributed by atoms with Gasteiger partial charge in [-0.05, 0) is 52.4 Å². The highest BCUT2D eigenvalue weighted by molar-refractivity contribution is 6.78. The molecule has 0 amide bonds. The molecule has 0 atom stereocenters. The SMILES string of the molecule is C[Si](C)O[Si](O)(CC[Si](O)(O[Si](C)C)O[Si](C)C)O[Si](C)C. The summed E-state index contributed by atoms with van der Waals surface area (Å²) in [6.07, 6.45) is 0. The van der Waals surface area contributed by atoms with Crippen molar-refractivity contribution >= 4 is 53.8 Å². The van der Waals surface area contributed by atoms with E-state index in [0.29, 0.717) is 12.1 Å². The maximum absolute atomic E-state index is 10.7. The zero-order valence-electron chi connectivity index (χ0n) is 14.9. The van der Waals surface area contributed by atoms with Crippen molar-refractivity contribution in [2.75, 3.05) is 0 Å². The van der Waals surface area contributed by atoms with Gasteiger partial charge in [0, 0.05) is 12.1 Å². The Kier molecular flexibility index (Phi) is 10.6. The van der Waals surface area contributed by atoms with Gasteiger partial charge in [0.25, 0.3) is 0 Å². The third-order valence-electron chi connectivity index (χ3n) is 2.21. The molecule has 0 aromatic rings. The van der Waals surface area contributed by atoms with E-state index in [0.717, 1.165) is 0 Å². The molecular formula is C10H30O6Si6. The molecule has 0 bridgehead atoms. The Morgan fingerprint density at radius 2 is 0.727 bits per heavy atom. The topological polar surface area (TPSA) is 77.4 Å². The quantitative estimate of drug-likeness (QED) is 0.503. The Morgan fingerprint density at radius 1 is 0.545 bits per heavy atom. The number of rotatable bonds is 11. The zero-order valence-corrected chi connectivity index (χ0v) is 20.9. The van der Waals surface area contributed by atoms with Gasteiger partial charge in [0.15, 0.2) is 36.2 Å². The maximum atomic E-state index is 10.7. The first-order chi connectivity index (χ1) is 9.87. The standard InChI is InChI=1S/C10H30O6Si6/c1-17(2)13-21(11,14-18(3)4)9-10-22(12,15-19(5)6)16-20(7)8/h11-12H,9-10H2,1-8H3. The summed E-state index contributed by atoms with van der Waals surface area (Å²) in [6, 6.07) is 0.595. The van der Waals surface area contributed by atoms with E-state index in [4.69, 9.17) is 16.5 Å². The van der Waals surface area contributed by atoms with E-state index < -0.39 is 53.8 Å². The Labute approximate surface area is 144 Å². The molecule has 0 rings (SSSR count). The highest BCUT2D eigenvalue weighted by atomic mass is 28.5. The molecule has 0 saturated heterocycles. The summed E-state index contributed by atoms with van der Waals surface area (Å²) in [6.45, 7) is 15.8. The van der Waals surface area contributed by atoms with Crippen LogP contribution in [0.25, 0.3) is 0 Å². The molecule has 0 fully saturated rings. The molecule has 0 unspecified atom stereocenters. The lowest BCUT2D eigenvalue weighted by Crippen LogP contribution is -2.53. The first-order valence-electron chi connectivity index (χ1n) is 7.29. The van der Waals surface area contributed by atoms with E-state index in [1.165, 1.54) is 0 Å². The van der Waals surface area contributed by atoms with Gasteiger partial charge < -0.3 is 26.1 Å². The fourth-order valence-electron chi connectivity index (χ4n) is 1.84. The predicted octanol–water partition coefficient (Wildman–Crippen LogP) is 1.92. The third-order valence-corrected chi connectivity index (χ3v) is 16.1. The lowest BCUT2D eigenvalue weighted by Gasteiger charge is -2.32. The molecule has 6 nitrogen and oxygen atoms in total. The molecule has 12 heteroatoms. The molecule has 0 aliphatic heterocycles. The molecule has 0 aromatic carbocycles. The Morgan fingerprint density at radius 3 is 0.864 bits per heavy atom. The van der Waals surface area contributed by atoms with Crippen LogP contribution in [-0.4, -0.2) is 63.4 Å². The van der Waals surface area contributed by atoms with Crippen LogP contribution in [0.5, 0.6) is 0 Å². The summed E-state index contributed by atoms with van der Waals surface area (Å²) in [5, 5.41) is 0. The minimum absolute atomic E-state index is 0.297. The van der Waals surface area contributed by atoms with E-state index in [9.17, 15) is 9.59 Å². The second kappa shape index (κ2) is 10.1. The lowest BCUT2D eigenvalue weighted by atomic mass is 11.0.